The average Bonchev–Trinajstić information content (AvgIpc) is 2.65. The highest BCUT2D eigenvalue weighted by Crippen LogP contribution is 2.25. The summed E-state index contributed by atoms with van der Waals surface area (Å²) in [4.78, 5) is 7.34. The van der Waals surface area contributed by atoms with Crippen molar-refractivity contribution in [2.24, 2.45) is 0 Å². The maximum Gasteiger partial charge on any atom is 0.316 e. The van der Waals surface area contributed by atoms with Crippen LogP contribution in [-0.2, 0) is 10.0 Å². The lowest BCUT2D eigenvalue weighted by molar-refractivity contribution is 0.132. The van der Waals surface area contributed by atoms with Gasteiger partial charge in [0.05, 0.1) is 24.4 Å². The van der Waals surface area contributed by atoms with Crippen LogP contribution < -0.4 is 14.2 Å². The third-order valence-electron chi connectivity index (χ3n) is 4.30. The van der Waals surface area contributed by atoms with Gasteiger partial charge in [-0.15, -0.1) is 0 Å². The normalized spacial score (nSPS) is 20.3. The summed E-state index contributed by atoms with van der Waals surface area (Å²) in [5.41, 5.74) is 0. The van der Waals surface area contributed by atoms with E-state index in [1.54, 1.807) is 0 Å². The van der Waals surface area contributed by atoms with Crippen LogP contribution in [0.2, 0.25) is 0 Å². The Morgan fingerprint density at radius 2 is 1.78 bits per heavy atom. The van der Waals surface area contributed by atoms with Crippen molar-refractivity contribution in [3.05, 3.63) is 42.2 Å². The Morgan fingerprint density at radius 1 is 1.11 bits per heavy atom. The largest absolute Gasteiger partial charge is 0.494 e. The van der Waals surface area contributed by atoms with Gasteiger partial charge in [-0.3, -0.25) is 0 Å². The van der Waals surface area contributed by atoms with E-state index in [0.29, 0.717) is 25.7 Å². The molecule has 1 aromatic carbocycles. The molecule has 0 atom stereocenters. The van der Waals surface area contributed by atoms with Crippen LogP contribution in [0.3, 0.4) is 0 Å². The highest BCUT2D eigenvalue weighted by molar-refractivity contribution is 7.89. The second-order valence-corrected chi connectivity index (χ2v) is 7.91. The topological polar surface area (TPSA) is 90.4 Å². The first kappa shape index (κ1) is 19.4. The Hall–Kier alpha value is -2.33. The zero-order valence-electron chi connectivity index (χ0n) is 14.6. The van der Waals surface area contributed by atoms with Gasteiger partial charge in [-0.2, -0.15) is 0 Å². The Morgan fingerprint density at radius 3 is 2.37 bits per heavy atom. The van der Waals surface area contributed by atoms with Crippen LogP contribution in [-0.4, -0.2) is 37.6 Å². The van der Waals surface area contributed by atoms with Crippen molar-refractivity contribution < 1.29 is 26.7 Å². The number of nitrogens with one attached hydrogen (secondary N) is 1. The minimum atomic E-state index is -3.84. The predicted molar refractivity (Wildman–Crippen MR) is 91.9 cm³/mol. The number of rotatable bonds is 6. The molecule has 1 aliphatic carbocycles. The first-order valence-corrected chi connectivity index (χ1v) is 9.86. The average molecular weight is 399 g/mol. The number of methoxy groups -OCH3 is 1. The Kier molecular flexibility index (Phi) is 5.85. The molecule has 2 aromatic rings. The van der Waals surface area contributed by atoms with Gasteiger partial charge in [-0.05, 0) is 43.9 Å². The summed E-state index contributed by atoms with van der Waals surface area (Å²) in [6, 6.07) is 3.31. The van der Waals surface area contributed by atoms with Crippen molar-refractivity contribution in [3.63, 3.8) is 0 Å². The highest BCUT2D eigenvalue weighted by Gasteiger charge is 2.27. The van der Waals surface area contributed by atoms with Crippen molar-refractivity contribution in [3.8, 4) is 11.8 Å². The van der Waals surface area contributed by atoms with Gasteiger partial charge in [0.25, 0.3) is 0 Å². The number of nitrogens with zero attached hydrogens (tertiary/aromatic N) is 2. The zero-order valence-corrected chi connectivity index (χ0v) is 15.4. The van der Waals surface area contributed by atoms with E-state index in [-0.39, 0.29) is 28.8 Å². The summed E-state index contributed by atoms with van der Waals surface area (Å²) in [6.45, 7) is 0. The van der Waals surface area contributed by atoms with Gasteiger partial charge in [-0.1, -0.05) is 0 Å². The van der Waals surface area contributed by atoms with Crippen molar-refractivity contribution in [1.29, 1.82) is 0 Å². The molecule has 146 valence electrons. The molecule has 0 unspecified atom stereocenters. The Labute approximate surface area is 155 Å². The number of sulfonamides is 1. The van der Waals surface area contributed by atoms with E-state index in [9.17, 15) is 17.2 Å². The van der Waals surface area contributed by atoms with E-state index in [4.69, 9.17) is 9.47 Å². The van der Waals surface area contributed by atoms with Gasteiger partial charge in [0.1, 0.15) is 6.10 Å². The predicted octanol–water partition coefficient (Wildman–Crippen LogP) is 2.43. The lowest BCUT2D eigenvalue weighted by atomic mass is 9.94. The molecule has 1 fully saturated rings. The van der Waals surface area contributed by atoms with E-state index in [1.807, 2.05) is 0 Å². The summed E-state index contributed by atoms with van der Waals surface area (Å²) < 4.78 is 64.5. The van der Waals surface area contributed by atoms with Crippen LogP contribution in [0.4, 0.5) is 8.78 Å². The van der Waals surface area contributed by atoms with Gasteiger partial charge in [0, 0.05) is 6.04 Å². The maximum absolute atomic E-state index is 13.8. The number of halogens is 2. The molecule has 0 aliphatic heterocycles. The van der Waals surface area contributed by atoms with Crippen LogP contribution in [0.5, 0.6) is 11.8 Å². The molecule has 1 aliphatic rings. The van der Waals surface area contributed by atoms with E-state index in [0.717, 1.165) is 18.5 Å². The van der Waals surface area contributed by atoms with Gasteiger partial charge in [0.2, 0.25) is 10.0 Å². The van der Waals surface area contributed by atoms with E-state index < -0.39 is 21.7 Å². The van der Waals surface area contributed by atoms with E-state index in [1.165, 1.54) is 19.2 Å². The first-order valence-electron chi connectivity index (χ1n) is 8.37. The fraction of sp³-hybridized carbons (Fsp3) is 0.412. The molecule has 10 heteroatoms. The molecule has 1 N–H and O–H groups in total. The third-order valence-corrected chi connectivity index (χ3v) is 5.82. The van der Waals surface area contributed by atoms with Gasteiger partial charge in [-0.25, -0.2) is 31.9 Å². The standard InChI is InChI=1S/C17H19F2N3O4S/c1-25-16-7-6-14(8-15(16)19)27(23,24)22-12-2-4-13(5-3-12)26-17-20-9-11(18)10-21-17/h6-10,12-13,22H,2-5H2,1H3. The smallest absolute Gasteiger partial charge is 0.316 e. The van der Waals surface area contributed by atoms with Crippen LogP contribution in [0.15, 0.2) is 35.5 Å². The van der Waals surface area contributed by atoms with Crippen molar-refractivity contribution >= 4 is 10.0 Å². The Balaban J connectivity index is 1.56. The minimum Gasteiger partial charge on any atom is -0.494 e. The van der Waals surface area contributed by atoms with E-state index in [2.05, 4.69) is 14.7 Å². The van der Waals surface area contributed by atoms with Gasteiger partial charge < -0.3 is 9.47 Å². The summed E-state index contributed by atoms with van der Waals surface area (Å²) in [5.74, 6) is -1.30. The fourth-order valence-corrected chi connectivity index (χ4v) is 4.23. The summed E-state index contributed by atoms with van der Waals surface area (Å²) >= 11 is 0. The second kappa shape index (κ2) is 8.13. The van der Waals surface area contributed by atoms with Crippen molar-refractivity contribution in [2.45, 2.75) is 42.7 Å². The van der Waals surface area contributed by atoms with Crippen LogP contribution in [0, 0.1) is 11.6 Å². The molecule has 0 radical (unpaired) electrons. The fourth-order valence-electron chi connectivity index (χ4n) is 2.91. The zero-order chi connectivity index (χ0) is 19.4. The molecule has 27 heavy (non-hydrogen) atoms. The van der Waals surface area contributed by atoms with Crippen molar-refractivity contribution in [1.82, 2.24) is 14.7 Å². The Bertz CT molecular complexity index is 886. The number of ether oxygens (including phenoxy) is 2. The van der Waals surface area contributed by atoms with Gasteiger partial charge in [0.15, 0.2) is 17.4 Å². The van der Waals surface area contributed by atoms with Crippen LogP contribution >= 0.6 is 0 Å². The number of hydrogen-bond donors (Lipinski definition) is 1. The second-order valence-electron chi connectivity index (χ2n) is 6.19. The molecule has 1 aromatic heterocycles. The molecule has 0 bridgehead atoms. The third kappa shape index (κ3) is 4.89. The molecule has 7 nitrogen and oxygen atoms in total. The molecule has 0 amide bonds. The summed E-state index contributed by atoms with van der Waals surface area (Å²) in [6.07, 6.45) is 4.14. The summed E-state index contributed by atoms with van der Waals surface area (Å²) in [7, 11) is -2.53. The number of benzene rings is 1. The maximum atomic E-state index is 13.8. The molecular formula is C17H19F2N3O4S. The van der Waals surface area contributed by atoms with Crippen LogP contribution in [0.25, 0.3) is 0 Å². The number of aromatic nitrogens is 2. The minimum absolute atomic E-state index is 0.0189. The summed E-state index contributed by atoms with van der Waals surface area (Å²) in [5, 5.41) is 0. The lowest BCUT2D eigenvalue weighted by Gasteiger charge is -2.28. The molecular weight excluding hydrogens is 380 g/mol. The van der Waals surface area contributed by atoms with Crippen molar-refractivity contribution in [2.75, 3.05) is 7.11 Å². The molecule has 3 rings (SSSR count). The quantitative estimate of drug-likeness (QED) is 0.802. The first-order chi connectivity index (χ1) is 12.9. The highest BCUT2D eigenvalue weighted by atomic mass is 32.2. The SMILES string of the molecule is COc1ccc(S(=O)(=O)NC2CCC(Oc3ncc(F)cn3)CC2)cc1F. The molecule has 1 saturated carbocycles. The van der Waals surface area contributed by atoms with E-state index >= 15 is 0 Å². The van der Waals surface area contributed by atoms with Gasteiger partial charge >= 0.3 is 6.01 Å². The lowest BCUT2D eigenvalue weighted by Crippen LogP contribution is -2.39. The molecule has 1 heterocycles. The number of hydrogen-bond acceptors (Lipinski definition) is 6. The monoisotopic (exact) mass is 399 g/mol. The molecule has 0 spiro atoms. The van der Waals surface area contributed by atoms with Crippen LogP contribution in [0.1, 0.15) is 25.7 Å². The molecule has 0 saturated heterocycles.